The van der Waals surface area contributed by atoms with Crippen LogP contribution in [0, 0.1) is 0 Å². The molecule has 0 saturated heterocycles. The Kier molecular flexibility index (Phi) is 7.23. The highest BCUT2D eigenvalue weighted by molar-refractivity contribution is 6.32. The van der Waals surface area contributed by atoms with Crippen molar-refractivity contribution in [2.75, 3.05) is 13.1 Å². The van der Waals surface area contributed by atoms with E-state index in [1.54, 1.807) is 0 Å². The molecule has 0 aliphatic rings. The van der Waals surface area contributed by atoms with Crippen molar-refractivity contribution in [1.82, 2.24) is 10.6 Å². The molecule has 1 aromatic rings. The summed E-state index contributed by atoms with van der Waals surface area (Å²) in [5.74, 6) is 0.694. The zero-order valence-electron chi connectivity index (χ0n) is 12.3. The number of urea groups is 1. The second-order valence-corrected chi connectivity index (χ2v) is 5.27. The first-order valence-corrected chi connectivity index (χ1v) is 7.37. The Bertz CT molecular complexity index is 436. The van der Waals surface area contributed by atoms with E-state index in [2.05, 4.69) is 10.6 Å². The van der Waals surface area contributed by atoms with Gasteiger partial charge in [0.05, 0.1) is 11.1 Å². The lowest BCUT2D eigenvalue weighted by Crippen LogP contribution is -2.36. The van der Waals surface area contributed by atoms with Crippen LogP contribution in [0.4, 0.5) is 4.79 Å². The minimum Gasteiger partial charge on any atom is -0.489 e. The second kappa shape index (κ2) is 8.69. The lowest BCUT2D eigenvalue weighted by atomic mass is 10.1. The van der Waals surface area contributed by atoms with Crippen LogP contribution in [0.15, 0.2) is 18.2 Å². The molecule has 0 spiro atoms. The Morgan fingerprint density at radius 2 is 2.00 bits per heavy atom. The Labute approximate surface area is 125 Å². The van der Waals surface area contributed by atoms with Gasteiger partial charge in [-0.2, -0.15) is 0 Å². The van der Waals surface area contributed by atoms with Gasteiger partial charge in [0.15, 0.2) is 0 Å². The van der Waals surface area contributed by atoms with Gasteiger partial charge in [-0.15, -0.1) is 0 Å². The maximum atomic E-state index is 11.4. The molecule has 0 radical (unpaired) electrons. The maximum absolute atomic E-state index is 11.4. The number of nitrogens with one attached hydrogen (secondary N) is 2. The molecule has 0 bridgehead atoms. The molecule has 0 saturated carbocycles. The Balaban J connectivity index is 2.41. The number of halogens is 1. The topological polar surface area (TPSA) is 50.4 Å². The normalized spacial score (nSPS) is 10.4. The minimum absolute atomic E-state index is 0.0993. The smallest absolute Gasteiger partial charge is 0.314 e. The number of hydrogen-bond donors (Lipinski definition) is 2. The number of amides is 2. The van der Waals surface area contributed by atoms with Gasteiger partial charge in [0.1, 0.15) is 5.75 Å². The number of rotatable bonds is 7. The van der Waals surface area contributed by atoms with Gasteiger partial charge in [-0.3, -0.25) is 0 Å². The molecule has 0 fully saturated rings. The van der Waals surface area contributed by atoms with Crippen LogP contribution >= 0.6 is 11.6 Å². The molecule has 0 heterocycles. The summed E-state index contributed by atoms with van der Waals surface area (Å²) in [5, 5.41) is 6.18. The summed E-state index contributed by atoms with van der Waals surface area (Å²) in [5.41, 5.74) is 1.07. The Hall–Kier alpha value is -1.42. The molecule has 0 aromatic heterocycles. The van der Waals surface area contributed by atoms with E-state index in [0.29, 0.717) is 23.9 Å². The predicted molar refractivity (Wildman–Crippen MR) is 82.6 cm³/mol. The van der Waals surface area contributed by atoms with Gasteiger partial charge in [0.25, 0.3) is 0 Å². The van der Waals surface area contributed by atoms with Gasteiger partial charge in [-0.1, -0.05) is 24.6 Å². The summed E-state index contributed by atoms with van der Waals surface area (Å²) in [7, 11) is 0. The third-order valence-corrected chi connectivity index (χ3v) is 2.89. The van der Waals surface area contributed by atoms with Crippen LogP contribution in [0.3, 0.4) is 0 Å². The molecule has 1 aromatic carbocycles. The van der Waals surface area contributed by atoms with E-state index >= 15 is 0 Å². The first-order valence-electron chi connectivity index (χ1n) is 6.99. The molecule has 0 aliphatic carbocycles. The van der Waals surface area contributed by atoms with Gasteiger partial charge in [-0.25, -0.2) is 4.79 Å². The zero-order valence-corrected chi connectivity index (χ0v) is 13.1. The van der Waals surface area contributed by atoms with Crippen LogP contribution in [0.1, 0.15) is 32.8 Å². The lowest BCUT2D eigenvalue weighted by molar-refractivity contribution is 0.240. The molecule has 2 amide bonds. The van der Waals surface area contributed by atoms with Crippen LogP contribution in [-0.2, 0) is 6.42 Å². The lowest BCUT2D eigenvalue weighted by Gasteiger charge is -2.12. The third kappa shape index (κ3) is 6.15. The molecule has 112 valence electrons. The van der Waals surface area contributed by atoms with Gasteiger partial charge in [0, 0.05) is 13.1 Å². The maximum Gasteiger partial charge on any atom is 0.314 e. The Morgan fingerprint density at radius 3 is 2.60 bits per heavy atom. The number of carbonyl (C=O) groups is 1. The van der Waals surface area contributed by atoms with Crippen molar-refractivity contribution in [1.29, 1.82) is 0 Å². The van der Waals surface area contributed by atoms with E-state index < -0.39 is 0 Å². The van der Waals surface area contributed by atoms with Gasteiger partial charge >= 0.3 is 6.03 Å². The molecule has 1 rings (SSSR count). The van der Waals surface area contributed by atoms with Gasteiger partial charge < -0.3 is 15.4 Å². The van der Waals surface area contributed by atoms with E-state index in [1.807, 2.05) is 39.0 Å². The monoisotopic (exact) mass is 298 g/mol. The fourth-order valence-electron chi connectivity index (χ4n) is 1.67. The highest BCUT2D eigenvalue weighted by Gasteiger charge is 2.05. The second-order valence-electron chi connectivity index (χ2n) is 4.86. The Morgan fingerprint density at radius 1 is 1.30 bits per heavy atom. The molecule has 0 unspecified atom stereocenters. The summed E-state index contributed by atoms with van der Waals surface area (Å²) < 4.78 is 5.58. The molecule has 20 heavy (non-hydrogen) atoms. The van der Waals surface area contributed by atoms with Crippen LogP contribution in [-0.4, -0.2) is 25.2 Å². The summed E-state index contributed by atoms with van der Waals surface area (Å²) in [6.07, 6.45) is 1.77. The van der Waals surface area contributed by atoms with E-state index in [4.69, 9.17) is 16.3 Å². The molecular formula is C15H23ClN2O2. The fraction of sp³-hybridized carbons (Fsp3) is 0.533. The molecular weight excluding hydrogens is 276 g/mol. The molecule has 0 atom stereocenters. The van der Waals surface area contributed by atoms with Crippen molar-refractivity contribution in [2.24, 2.45) is 0 Å². The van der Waals surface area contributed by atoms with E-state index in [9.17, 15) is 4.79 Å². The average Bonchev–Trinajstić information content (AvgIpc) is 2.39. The van der Waals surface area contributed by atoms with Crippen molar-refractivity contribution in [3.8, 4) is 5.75 Å². The first kappa shape index (κ1) is 16.6. The van der Waals surface area contributed by atoms with Crippen LogP contribution < -0.4 is 15.4 Å². The summed E-state index contributed by atoms with van der Waals surface area (Å²) in [6.45, 7) is 7.21. The van der Waals surface area contributed by atoms with Crippen LogP contribution in [0.2, 0.25) is 5.02 Å². The van der Waals surface area contributed by atoms with Gasteiger partial charge in [0.2, 0.25) is 0 Å². The molecule has 0 aliphatic heterocycles. The number of carbonyl (C=O) groups excluding carboxylic acids is 1. The number of ether oxygens (including phenoxy) is 1. The van der Waals surface area contributed by atoms with Crippen molar-refractivity contribution < 1.29 is 9.53 Å². The average molecular weight is 299 g/mol. The van der Waals surface area contributed by atoms with Crippen molar-refractivity contribution in [2.45, 2.75) is 39.7 Å². The molecule has 4 nitrogen and oxygen atoms in total. The van der Waals surface area contributed by atoms with Crippen LogP contribution in [0.5, 0.6) is 5.75 Å². The third-order valence-electron chi connectivity index (χ3n) is 2.59. The first-order chi connectivity index (χ1) is 9.52. The largest absolute Gasteiger partial charge is 0.489 e. The van der Waals surface area contributed by atoms with Crippen molar-refractivity contribution >= 4 is 17.6 Å². The number of hydrogen-bond acceptors (Lipinski definition) is 2. The molecule has 2 N–H and O–H groups in total. The fourth-order valence-corrected chi connectivity index (χ4v) is 1.92. The van der Waals surface area contributed by atoms with E-state index in [1.165, 1.54) is 0 Å². The zero-order chi connectivity index (χ0) is 15.0. The standard InChI is InChI=1S/C15H23ClN2O2/c1-4-8-17-15(19)18-9-7-12-5-6-14(13(16)10-12)20-11(2)3/h5-6,10-11H,4,7-9H2,1-3H3,(H2,17,18,19). The quantitative estimate of drug-likeness (QED) is 0.811. The highest BCUT2D eigenvalue weighted by atomic mass is 35.5. The number of benzene rings is 1. The molecule has 5 heteroatoms. The predicted octanol–water partition coefficient (Wildman–Crippen LogP) is 3.38. The summed E-state index contributed by atoms with van der Waals surface area (Å²) >= 11 is 6.16. The van der Waals surface area contributed by atoms with E-state index in [0.717, 1.165) is 18.4 Å². The summed E-state index contributed by atoms with van der Waals surface area (Å²) in [6, 6.07) is 5.59. The van der Waals surface area contributed by atoms with Crippen molar-refractivity contribution in [3.63, 3.8) is 0 Å². The van der Waals surface area contributed by atoms with Crippen LogP contribution in [0.25, 0.3) is 0 Å². The summed E-state index contributed by atoms with van der Waals surface area (Å²) in [4.78, 5) is 11.4. The van der Waals surface area contributed by atoms with Gasteiger partial charge in [-0.05, 0) is 44.4 Å². The van der Waals surface area contributed by atoms with Crippen molar-refractivity contribution in [3.05, 3.63) is 28.8 Å². The SMILES string of the molecule is CCCNC(=O)NCCc1ccc(OC(C)C)c(Cl)c1. The minimum atomic E-state index is -0.127. The highest BCUT2D eigenvalue weighted by Crippen LogP contribution is 2.26. The van der Waals surface area contributed by atoms with E-state index in [-0.39, 0.29) is 12.1 Å².